The SMILES string of the molecule is O=C(O)C=CC(=O)OC1CCCO1. The van der Waals surface area contributed by atoms with Gasteiger partial charge < -0.3 is 14.6 Å². The highest BCUT2D eigenvalue weighted by Crippen LogP contribution is 2.13. The summed E-state index contributed by atoms with van der Waals surface area (Å²) in [6.45, 7) is 0.584. The monoisotopic (exact) mass is 186 g/mol. The summed E-state index contributed by atoms with van der Waals surface area (Å²) in [7, 11) is 0. The van der Waals surface area contributed by atoms with Gasteiger partial charge in [-0.1, -0.05) is 0 Å². The average Bonchev–Trinajstić information content (AvgIpc) is 2.53. The van der Waals surface area contributed by atoms with Crippen LogP contribution in [-0.2, 0) is 19.1 Å². The first-order valence-corrected chi connectivity index (χ1v) is 3.91. The van der Waals surface area contributed by atoms with E-state index >= 15 is 0 Å². The first kappa shape index (κ1) is 9.73. The Bertz CT molecular complexity index is 227. The third-order valence-corrected chi connectivity index (χ3v) is 1.50. The number of esters is 1. The van der Waals surface area contributed by atoms with E-state index in [0.717, 1.165) is 18.6 Å². The molecule has 1 atom stereocenters. The largest absolute Gasteiger partial charge is 0.478 e. The third-order valence-electron chi connectivity index (χ3n) is 1.50. The van der Waals surface area contributed by atoms with Gasteiger partial charge in [-0.2, -0.15) is 0 Å². The lowest BCUT2D eigenvalue weighted by molar-refractivity contribution is -0.163. The van der Waals surface area contributed by atoms with E-state index in [2.05, 4.69) is 0 Å². The minimum absolute atomic E-state index is 0.508. The zero-order valence-corrected chi connectivity index (χ0v) is 6.93. The molecular formula is C8H10O5. The number of carbonyl (C=O) groups excluding carboxylic acids is 1. The summed E-state index contributed by atoms with van der Waals surface area (Å²) in [5.41, 5.74) is 0. The van der Waals surface area contributed by atoms with Gasteiger partial charge in [-0.3, -0.25) is 0 Å². The molecule has 0 spiro atoms. The summed E-state index contributed by atoms with van der Waals surface area (Å²) >= 11 is 0. The maximum absolute atomic E-state index is 10.9. The molecule has 0 aromatic carbocycles. The molecule has 1 heterocycles. The molecule has 72 valence electrons. The first-order valence-electron chi connectivity index (χ1n) is 3.91. The van der Waals surface area contributed by atoms with E-state index in [1.54, 1.807) is 0 Å². The Morgan fingerprint density at radius 1 is 1.46 bits per heavy atom. The van der Waals surface area contributed by atoms with Crippen LogP contribution in [0, 0.1) is 0 Å². The molecule has 0 bridgehead atoms. The van der Waals surface area contributed by atoms with Crippen LogP contribution in [0.25, 0.3) is 0 Å². The zero-order valence-electron chi connectivity index (χ0n) is 6.93. The number of rotatable bonds is 3. The molecule has 0 saturated carbocycles. The van der Waals surface area contributed by atoms with Gasteiger partial charge >= 0.3 is 11.9 Å². The number of carboxylic acids is 1. The summed E-state index contributed by atoms with van der Waals surface area (Å²) in [4.78, 5) is 20.9. The molecule has 1 aliphatic rings. The second-order valence-electron chi connectivity index (χ2n) is 2.55. The number of carbonyl (C=O) groups is 2. The molecule has 0 radical (unpaired) electrons. The molecular weight excluding hydrogens is 176 g/mol. The summed E-state index contributed by atoms with van der Waals surface area (Å²) < 4.78 is 9.76. The van der Waals surface area contributed by atoms with E-state index in [9.17, 15) is 9.59 Å². The minimum Gasteiger partial charge on any atom is -0.478 e. The predicted molar refractivity (Wildman–Crippen MR) is 41.8 cm³/mol. The van der Waals surface area contributed by atoms with Crippen LogP contribution in [-0.4, -0.2) is 29.9 Å². The molecule has 13 heavy (non-hydrogen) atoms. The lowest BCUT2D eigenvalue weighted by Gasteiger charge is -2.07. The Labute approximate surface area is 74.9 Å². The van der Waals surface area contributed by atoms with Crippen molar-refractivity contribution in [1.29, 1.82) is 0 Å². The van der Waals surface area contributed by atoms with Crippen LogP contribution < -0.4 is 0 Å². The quantitative estimate of drug-likeness (QED) is 0.507. The second-order valence-corrected chi connectivity index (χ2v) is 2.55. The number of carboxylic acid groups (broad SMARTS) is 1. The molecule has 0 amide bonds. The van der Waals surface area contributed by atoms with Crippen LogP contribution in [0.3, 0.4) is 0 Å². The average molecular weight is 186 g/mol. The molecule has 5 heteroatoms. The van der Waals surface area contributed by atoms with Crippen molar-refractivity contribution in [2.24, 2.45) is 0 Å². The second kappa shape index (κ2) is 4.61. The standard InChI is InChI=1S/C8H10O5/c9-6(10)3-4-7(11)13-8-2-1-5-12-8/h3-4,8H,1-2,5H2,(H,9,10). The highest BCUT2D eigenvalue weighted by atomic mass is 16.7. The Balaban J connectivity index is 2.28. The van der Waals surface area contributed by atoms with E-state index in [1.165, 1.54) is 0 Å². The molecule has 1 fully saturated rings. The maximum atomic E-state index is 10.9. The van der Waals surface area contributed by atoms with Crippen LogP contribution in [0.5, 0.6) is 0 Å². The lowest BCUT2D eigenvalue weighted by Crippen LogP contribution is -2.15. The summed E-state index contributed by atoms with van der Waals surface area (Å²) in [6.07, 6.45) is 2.63. The van der Waals surface area contributed by atoms with Gasteiger partial charge in [-0.05, 0) is 6.42 Å². The molecule has 5 nitrogen and oxygen atoms in total. The van der Waals surface area contributed by atoms with Crippen LogP contribution >= 0.6 is 0 Å². The Morgan fingerprint density at radius 3 is 2.77 bits per heavy atom. The lowest BCUT2D eigenvalue weighted by atomic mass is 10.4. The molecule has 1 unspecified atom stereocenters. The molecule has 1 saturated heterocycles. The number of ether oxygens (including phenoxy) is 2. The third kappa shape index (κ3) is 3.71. The van der Waals surface area contributed by atoms with Gasteiger partial charge in [0.15, 0.2) is 0 Å². The van der Waals surface area contributed by atoms with E-state index < -0.39 is 18.2 Å². The van der Waals surface area contributed by atoms with E-state index in [4.69, 9.17) is 14.6 Å². The molecule has 1 rings (SSSR count). The molecule has 1 aliphatic heterocycles. The van der Waals surface area contributed by atoms with E-state index in [0.29, 0.717) is 13.0 Å². The first-order chi connectivity index (χ1) is 6.18. The number of aliphatic carboxylic acids is 1. The van der Waals surface area contributed by atoms with Gasteiger partial charge in [0, 0.05) is 18.6 Å². The van der Waals surface area contributed by atoms with Crippen molar-refractivity contribution >= 4 is 11.9 Å². The topological polar surface area (TPSA) is 72.8 Å². The van der Waals surface area contributed by atoms with Crippen LogP contribution in [0.4, 0.5) is 0 Å². The minimum atomic E-state index is -1.18. The Hall–Kier alpha value is -1.36. The molecule has 0 aromatic rings. The van der Waals surface area contributed by atoms with Gasteiger partial charge in [0.25, 0.3) is 0 Å². The number of hydrogen-bond donors (Lipinski definition) is 1. The fourth-order valence-electron chi connectivity index (χ4n) is 0.949. The van der Waals surface area contributed by atoms with Crippen LogP contribution in [0.2, 0.25) is 0 Å². The highest BCUT2D eigenvalue weighted by molar-refractivity contribution is 5.90. The summed E-state index contributed by atoms with van der Waals surface area (Å²) in [5.74, 6) is -1.86. The van der Waals surface area contributed by atoms with Crippen molar-refractivity contribution in [1.82, 2.24) is 0 Å². The summed E-state index contributed by atoms with van der Waals surface area (Å²) in [6, 6.07) is 0. The predicted octanol–water partition coefficient (Wildman–Crippen LogP) is 0.307. The van der Waals surface area contributed by atoms with Gasteiger partial charge in [-0.15, -0.1) is 0 Å². The molecule has 1 N–H and O–H groups in total. The Morgan fingerprint density at radius 2 is 2.23 bits per heavy atom. The zero-order chi connectivity index (χ0) is 9.68. The molecule has 0 aliphatic carbocycles. The summed E-state index contributed by atoms with van der Waals surface area (Å²) in [5, 5.41) is 8.20. The normalized spacial score (nSPS) is 22.0. The van der Waals surface area contributed by atoms with Gasteiger partial charge in [0.05, 0.1) is 6.61 Å². The van der Waals surface area contributed by atoms with Crippen LogP contribution in [0.1, 0.15) is 12.8 Å². The van der Waals surface area contributed by atoms with E-state index in [1.807, 2.05) is 0 Å². The molecule has 0 aromatic heterocycles. The van der Waals surface area contributed by atoms with Crippen molar-refractivity contribution in [3.63, 3.8) is 0 Å². The van der Waals surface area contributed by atoms with Crippen molar-refractivity contribution < 1.29 is 24.2 Å². The van der Waals surface area contributed by atoms with Gasteiger partial charge in [0.1, 0.15) is 0 Å². The van der Waals surface area contributed by atoms with Crippen molar-refractivity contribution in [3.8, 4) is 0 Å². The maximum Gasteiger partial charge on any atom is 0.333 e. The smallest absolute Gasteiger partial charge is 0.333 e. The van der Waals surface area contributed by atoms with Crippen molar-refractivity contribution in [2.45, 2.75) is 19.1 Å². The number of hydrogen-bond acceptors (Lipinski definition) is 4. The van der Waals surface area contributed by atoms with Gasteiger partial charge in [0.2, 0.25) is 6.29 Å². The van der Waals surface area contributed by atoms with Gasteiger partial charge in [-0.25, -0.2) is 9.59 Å². The van der Waals surface area contributed by atoms with Crippen molar-refractivity contribution in [2.75, 3.05) is 6.61 Å². The fourth-order valence-corrected chi connectivity index (χ4v) is 0.949. The fraction of sp³-hybridized carbons (Fsp3) is 0.500. The van der Waals surface area contributed by atoms with E-state index in [-0.39, 0.29) is 0 Å². The van der Waals surface area contributed by atoms with Crippen LogP contribution in [0.15, 0.2) is 12.2 Å². The Kier molecular flexibility index (Phi) is 3.45. The highest BCUT2D eigenvalue weighted by Gasteiger charge is 2.18. The van der Waals surface area contributed by atoms with Crippen molar-refractivity contribution in [3.05, 3.63) is 12.2 Å².